The van der Waals surface area contributed by atoms with Crippen LogP contribution in [0.3, 0.4) is 0 Å². The molecule has 0 unspecified atom stereocenters. The summed E-state index contributed by atoms with van der Waals surface area (Å²) >= 11 is 0. The lowest BCUT2D eigenvalue weighted by Crippen LogP contribution is -2.17. The molecule has 82 valence electrons. The van der Waals surface area contributed by atoms with Crippen LogP contribution in [0, 0.1) is 0 Å². The van der Waals surface area contributed by atoms with Gasteiger partial charge in [0.1, 0.15) is 12.4 Å². The summed E-state index contributed by atoms with van der Waals surface area (Å²) in [5.41, 5.74) is -0.380. The van der Waals surface area contributed by atoms with E-state index < -0.39 is 24.8 Å². The van der Waals surface area contributed by atoms with Gasteiger partial charge < -0.3 is 10.1 Å². The molecule has 1 atom stereocenters. The Bertz CT molecular complexity index is 459. The largest absolute Gasteiger partial charge is 0.491 e. The van der Waals surface area contributed by atoms with Crippen LogP contribution in [0.5, 0.6) is 5.75 Å². The van der Waals surface area contributed by atoms with Gasteiger partial charge in [-0.1, -0.05) is 6.07 Å². The minimum absolute atomic E-state index is 0.00896. The fraction of sp³-hybridized carbons (Fsp3) is 0.400. The molecule has 0 bridgehead atoms. The molecule has 1 aromatic rings. The molecule has 0 spiro atoms. The Kier molecular flexibility index (Phi) is 1.62. The smallest absolute Gasteiger partial charge is 0.416 e. The first kappa shape index (κ1) is 7.11. The van der Waals surface area contributed by atoms with E-state index in [0.717, 1.165) is 12.1 Å². The maximum absolute atomic E-state index is 12.5. The highest BCUT2D eigenvalue weighted by molar-refractivity contribution is 5.43. The van der Waals surface area contributed by atoms with Crippen molar-refractivity contribution in [2.75, 3.05) is 13.6 Å². The van der Waals surface area contributed by atoms with Gasteiger partial charge in [0, 0.05) is 9.68 Å². The summed E-state index contributed by atoms with van der Waals surface area (Å²) in [6.45, 7) is -2.35. The number of hydrogen-bond donors (Lipinski definition) is 1. The van der Waals surface area contributed by atoms with Crippen molar-refractivity contribution in [1.29, 1.82) is 0 Å². The Morgan fingerprint density at radius 2 is 2.33 bits per heavy atom. The van der Waals surface area contributed by atoms with Gasteiger partial charge in [0.25, 0.3) is 0 Å². The van der Waals surface area contributed by atoms with Crippen molar-refractivity contribution in [3.63, 3.8) is 0 Å². The van der Waals surface area contributed by atoms with Gasteiger partial charge in [-0.2, -0.15) is 13.2 Å². The molecule has 0 amide bonds. The monoisotopic (exact) mass is 220 g/mol. The molecule has 0 saturated carbocycles. The van der Waals surface area contributed by atoms with Crippen molar-refractivity contribution in [3.8, 4) is 5.75 Å². The van der Waals surface area contributed by atoms with Crippen molar-refractivity contribution in [1.82, 2.24) is 5.32 Å². The van der Waals surface area contributed by atoms with E-state index in [0.29, 0.717) is 5.56 Å². The molecule has 0 aromatic heterocycles. The maximum Gasteiger partial charge on any atom is 0.416 e. The van der Waals surface area contributed by atoms with Crippen molar-refractivity contribution >= 4 is 0 Å². The van der Waals surface area contributed by atoms with Crippen LogP contribution in [-0.2, 0) is 6.18 Å². The van der Waals surface area contributed by atoms with E-state index >= 15 is 0 Å². The van der Waals surface area contributed by atoms with Crippen LogP contribution in [0.1, 0.15) is 21.3 Å². The van der Waals surface area contributed by atoms with Crippen LogP contribution in [0.15, 0.2) is 18.2 Å². The predicted octanol–water partition coefficient (Wildman–Crippen LogP) is 2.36. The molecule has 2 rings (SSSR count). The number of halogens is 3. The Hall–Kier alpha value is -1.23. The number of ether oxygens (including phenoxy) is 1. The highest BCUT2D eigenvalue weighted by Gasteiger charge is 2.33. The fourth-order valence-corrected chi connectivity index (χ4v) is 1.51. The molecule has 1 heterocycles. The van der Waals surface area contributed by atoms with E-state index in [1.54, 1.807) is 0 Å². The quantitative estimate of drug-likeness (QED) is 0.784. The molecule has 1 aliphatic heterocycles. The molecule has 1 aliphatic rings. The predicted molar refractivity (Wildman–Crippen MR) is 48.7 cm³/mol. The van der Waals surface area contributed by atoms with Gasteiger partial charge in [-0.25, -0.2) is 0 Å². The van der Waals surface area contributed by atoms with Gasteiger partial charge in [-0.15, -0.1) is 0 Å². The minimum Gasteiger partial charge on any atom is -0.491 e. The summed E-state index contributed by atoms with van der Waals surface area (Å²) in [6, 6.07) is 2.43. The van der Waals surface area contributed by atoms with Crippen LogP contribution >= 0.6 is 0 Å². The fourth-order valence-electron chi connectivity index (χ4n) is 1.51. The van der Waals surface area contributed by atoms with Gasteiger partial charge in [-0.3, -0.25) is 0 Å². The van der Waals surface area contributed by atoms with Crippen molar-refractivity contribution in [2.45, 2.75) is 12.2 Å². The number of alkyl halides is 3. The van der Waals surface area contributed by atoms with Crippen LogP contribution in [0.2, 0.25) is 0 Å². The highest BCUT2D eigenvalue weighted by Crippen LogP contribution is 2.37. The van der Waals surface area contributed by atoms with Gasteiger partial charge in [0.05, 0.1) is 11.6 Å². The summed E-state index contributed by atoms with van der Waals surface area (Å²) in [6.07, 6.45) is -4.44. The van der Waals surface area contributed by atoms with E-state index in [9.17, 15) is 13.2 Å². The van der Waals surface area contributed by atoms with Crippen molar-refractivity contribution in [3.05, 3.63) is 29.3 Å². The van der Waals surface area contributed by atoms with Crippen molar-refractivity contribution in [2.24, 2.45) is 0 Å². The molecule has 5 heteroatoms. The van der Waals surface area contributed by atoms with Crippen LogP contribution < -0.4 is 10.1 Å². The minimum atomic E-state index is -4.44. The SMILES string of the molecule is [2H]C([2H])([2H])N[C@@H]1COc2cc(C(F)(F)F)ccc21. The number of nitrogens with one attached hydrogen (secondary N) is 1. The number of hydrogen-bond acceptors (Lipinski definition) is 2. The van der Waals surface area contributed by atoms with Gasteiger partial charge >= 0.3 is 6.18 Å². The maximum atomic E-state index is 12.5. The lowest BCUT2D eigenvalue weighted by atomic mass is 10.1. The first-order chi connectivity index (χ1) is 8.17. The summed E-state index contributed by atoms with van der Waals surface area (Å²) < 4.78 is 63.7. The molecule has 15 heavy (non-hydrogen) atoms. The highest BCUT2D eigenvalue weighted by atomic mass is 19.4. The van der Waals surface area contributed by atoms with E-state index in [-0.39, 0.29) is 12.4 Å². The van der Waals surface area contributed by atoms with Gasteiger partial charge in [-0.05, 0) is 19.1 Å². The summed E-state index contributed by atoms with van der Waals surface area (Å²) in [5, 5.41) is 2.33. The molecule has 0 aliphatic carbocycles. The van der Waals surface area contributed by atoms with Crippen LogP contribution in [-0.4, -0.2) is 13.6 Å². The zero-order valence-corrected chi connectivity index (χ0v) is 7.56. The lowest BCUT2D eigenvalue weighted by molar-refractivity contribution is -0.137. The first-order valence-electron chi connectivity index (χ1n) is 5.78. The third kappa shape index (κ3) is 1.79. The van der Waals surface area contributed by atoms with Crippen LogP contribution in [0.25, 0.3) is 0 Å². The molecule has 1 N–H and O–H groups in total. The Morgan fingerprint density at radius 1 is 1.53 bits per heavy atom. The van der Waals surface area contributed by atoms with Crippen LogP contribution in [0.4, 0.5) is 13.2 Å². The normalized spacial score (nSPS) is 23.7. The molecular formula is C10H10F3NO. The lowest BCUT2D eigenvalue weighted by Gasteiger charge is -2.09. The first-order valence-corrected chi connectivity index (χ1v) is 4.28. The Balaban J connectivity index is 2.26. The molecule has 1 aromatic carbocycles. The second-order valence-corrected chi connectivity index (χ2v) is 3.26. The third-order valence-corrected chi connectivity index (χ3v) is 2.30. The second kappa shape index (κ2) is 3.41. The summed E-state index contributed by atoms with van der Waals surface area (Å²) in [7, 11) is 0. The van der Waals surface area contributed by atoms with E-state index in [2.05, 4.69) is 5.32 Å². The van der Waals surface area contributed by atoms with Gasteiger partial charge in [0.2, 0.25) is 0 Å². The summed E-state index contributed by atoms with van der Waals surface area (Å²) in [5.74, 6) is 0.0755. The van der Waals surface area contributed by atoms with Crippen molar-refractivity contribution < 1.29 is 22.0 Å². The number of rotatable bonds is 1. The average molecular weight is 220 g/mol. The van der Waals surface area contributed by atoms with E-state index in [1.165, 1.54) is 6.07 Å². The molecule has 2 nitrogen and oxygen atoms in total. The zero-order chi connectivity index (χ0) is 13.6. The van der Waals surface area contributed by atoms with E-state index in [1.807, 2.05) is 0 Å². The third-order valence-electron chi connectivity index (χ3n) is 2.30. The average Bonchev–Trinajstić information content (AvgIpc) is 2.57. The molecular weight excluding hydrogens is 207 g/mol. The second-order valence-electron chi connectivity index (χ2n) is 3.26. The van der Waals surface area contributed by atoms with E-state index in [4.69, 9.17) is 8.85 Å². The Morgan fingerprint density at radius 3 is 3.00 bits per heavy atom. The molecule has 0 fully saturated rings. The van der Waals surface area contributed by atoms with Gasteiger partial charge in [0.15, 0.2) is 0 Å². The summed E-state index contributed by atoms with van der Waals surface area (Å²) in [4.78, 5) is 0. The molecule has 0 saturated heterocycles. The Labute approximate surface area is 89.3 Å². The number of fused-ring (bicyclic) bond motifs is 1. The topological polar surface area (TPSA) is 21.3 Å². The number of likely N-dealkylation sites (N-methyl/N-ethyl adjacent to an activating group) is 1. The molecule has 0 radical (unpaired) electrons. The zero-order valence-electron chi connectivity index (χ0n) is 10.6. The standard InChI is InChI=1S/C10H10F3NO/c1-14-8-5-15-9-4-6(10(11,12)13)2-3-7(8)9/h2-4,8,14H,5H2,1H3/t8-/m1/s1/i1D3. The number of benzene rings is 1.